The number of Topliss-reactive ketones (excluding diaryl/α,β-unsaturated/α-hetero) is 2. The zero-order valence-corrected chi connectivity index (χ0v) is 41.1. The molecule has 1 heterocycles. The van der Waals surface area contributed by atoms with Gasteiger partial charge >= 0.3 is 19.8 Å². The van der Waals surface area contributed by atoms with Crippen molar-refractivity contribution in [2.75, 3.05) is 171 Å². The average molecular weight is 973 g/mol. The van der Waals surface area contributed by atoms with E-state index in [9.17, 15) is 44.1 Å². The van der Waals surface area contributed by atoms with E-state index in [-0.39, 0.29) is 96.2 Å². The van der Waals surface area contributed by atoms with Crippen LogP contribution in [0.1, 0.15) is 71.6 Å². The van der Waals surface area contributed by atoms with Gasteiger partial charge in [0.25, 0.3) is 0 Å². The topological polar surface area (TPSA) is 243 Å². The first-order valence-corrected chi connectivity index (χ1v) is 22.6. The molecule has 1 aliphatic rings. The van der Waals surface area contributed by atoms with Gasteiger partial charge in [-0.05, 0) is 38.5 Å². The molecule has 0 saturated carbocycles. The largest absolute Gasteiger partial charge is 3.00 e. The number of hydrogen-bond acceptors (Lipinski definition) is 19. The summed E-state index contributed by atoms with van der Waals surface area (Å²) in [6.45, 7) is 11.3. The van der Waals surface area contributed by atoms with Gasteiger partial charge in [-0.25, -0.2) is 0 Å². The molecule has 0 bridgehead atoms. The molecule has 0 unspecified atom stereocenters. The van der Waals surface area contributed by atoms with Crippen molar-refractivity contribution in [2.45, 2.75) is 71.6 Å². The molecule has 0 radical (unpaired) electrons. The second-order valence-electron chi connectivity index (χ2n) is 15.5. The summed E-state index contributed by atoms with van der Waals surface area (Å²) < 4.78 is 33.3. The van der Waals surface area contributed by atoms with Crippen molar-refractivity contribution >= 4 is 55.2 Å². The third-order valence-corrected chi connectivity index (χ3v) is 10.0. The Balaban J connectivity index is 0.0000397. The third-order valence-electron chi connectivity index (χ3n) is 10.0. The molecule has 1 fully saturated rings. The summed E-state index contributed by atoms with van der Waals surface area (Å²) in [4.78, 5) is 79.7. The first-order chi connectivity index (χ1) is 30.4. The number of unbranched alkanes of at least 4 members (excludes halogenated alkanes) is 3. The number of carbonyl (C=O) groups is 6. The first-order valence-electron chi connectivity index (χ1n) is 22.6. The molecule has 20 nitrogen and oxygen atoms in total. The van der Waals surface area contributed by atoms with E-state index in [0.29, 0.717) is 144 Å². The number of ether oxygens (including phenoxy) is 6. The Bertz CT molecular complexity index is 1220. The molecule has 0 aromatic carbocycles. The van der Waals surface area contributed by atoms with Crippen molar-refractivity contribution < 1.29 is 72.5 Å². The number of carbonyl (C=O) groups excluding carboxylic acids is 6. The van der Waals surface area contributed by atoms with Gasteiger partial charge in [0.1, 0.15) is 5.78 Å². The third kappa shape index (κ3) is 37.7. The minimum absolute atomic E-state index is 0. The summed E-state index contributed by atoms with van der Waals surface area (Å²) in [7, 11) is 0. The quantitative estimate of drug-likeness (QED) is 0.0433. The molecular weight excluding hydrogens is 896 g/mol. The Kier molecular flexibility index (Phi) is 40.2. The van der Waals surface area contributed by atoms with E-state index >= 15 is 0 Å². The minimum atomic E-state index is -1.29. The predicted octanol–water partition coefficient (Wildman–Crippen LogP) is -3.31. The molecule has 64 heavy (non-hydrogen) atoms. The van der Waals surface area contributed by atoms with Gasteiger partial charge in [-0.2, -0.15) is 0 Å². The van der Waals surface area contributed by atoms with Crippen LogP contribution in [-0.2, 0) is 57.2 Å². The van der Waals surface area contributed by atoms with Crippen molar-refractivity contribution in [3.05, 3.63) is 0 Å². The molecule has 0 aliphatic carbocycles. The van der Waals surface area contributed by atoms with E-state index in [2.05, 4.69) is 6.92 Å². The SMILES string of the molecule is CCCCOCCOCCOCCCN(CC(=O)CCCCOCCOCCOCCCCC(=O)CN1CCN(CC(=O)[O-])CCN(CC(=O)[O-])CCN(CC(=O)[O-])CC1)C(C)=O.[Ga+3]. The molecular formula is C43H76GaN5O15. The van der Waals surface area contributed by atoms with E-state index in [1.54, 1.807) is 19.6 Å². The summed E-state index contributed by atoms with van der Waals surface area (Å²) >= 11 is 0. The normalized spacial score (nSPS) is 14.9. The molecule has 0 aromatic rings. The monoisotopic (exact) mass is 971 g/mol. The number of nitrogens with zero attached hydrogens (tertiary/aromatic N) is 5. The van der Waals surface area contributed by atoms with Crippen molar-refractivity contribution in [2.24, 2.45) is 0 Å². The van der Waals surface area contributed by atoms with Crippen LogP contribution in [0.5, 0.6) is 0 Å². The molecule has 0 N–H and O–H groups in total. The number of carboxylic acid groups (broad SMARTS) is 3. The van der Waals surface area contributed by atoms with E-state index in [0.717, 1.165) is 25.9 Å². The van der Waals surface area contributed by atoms with Crippen molar-refractivity contribution in [3.8, 4) is 0 Å². The molecule has 21 heteroatoms. The fourth-order valence-corrected chi connectivity index (χ4v) is 6.47. The van der Waals surface area contributed by atoms with E-state index in [1.807, 2.05) is 4.90 Å². The van der Waals surface area contributed by atoms with Crippen LogP contribution in [0.15, 0.2) is 0 Å². The van der Waals surface area contributed by atoms with Gasteiger partial charge in [-0.1, -0.05) is 13.3 Å². The molecule has 0 aromatic heterocycles. The second-order valence-corrected chi connectivity index (χ2v) is 15.5. The molecule has 1 aliphatic heterocycles. The minimum Gasteiger partial charge on any atom is -0.549 e. The summed E-state index contributed by atoms with van der Waals surface area (Å²) in [5, 5.41) is 34.0. The van der Waals surface area contributed by atoms with Gasteiger partial charge in [0, 0.05) is 125 Å². The first kappa shape index (κ1) is 61.5. The van der Waals surface area contributed by atoms with Gasteiger partial charge in [-0.15, -0.1) is 0 Å². The maximum Gasteiger partial charge on any atom is 3.00 e. The van der Waals surface area contributed by atoms with Crippen LogP contribution in [0.4, 0.5) is 0 Å². The van der Waals surface area contributed by atoms with Crippen LogP contribution in [0.25, 0.3) is 0 Å². The summed E-state index contributed by atoms with van der Waals surface area (Å²) in [6.07, 6.45) is 6.17. The molecule has 366 valence electrons. The number of ketones is 2. The molecule has 1 saturated heterocycles. The smallest absolute Gasteiger partial charge is 0.549 e. The zero-order chi connectivity index (χ0) is 46.3. The fraction of sp³-hybridized carbons (Fsp3) is 0.860. The fourth-order valence-electron chi connectivity index (χ4n) is 6.47. The van der Waals surface area contributed by atoms with E-state index < -0.39 is 17.9 Å². The number of carboxylic acids is 3. The Morgan fingerprint density at radius 2 is 0.750 bits per heavy atom. The molecule has 1 amide bonds. The van der Waals surface area contributed by atoms with E-state index in [4.69, 9.17) is 28.4 Å². The zero-order valence-electron chi connectivity index (χ0n) is 38.7. The van der Waals surface area contributed by atoms with Crippen molar-refractivity contribution in [3.63, 3.8) is 0 Å². The molecule has 0 spiro atoms. The summed E-state index contributed by atoms with van der Waals surface area (Å²) in [5.41, 5.74) is 0. The van der Waals surface area contributed by atoms with Gasteiger partial charge in [0.05, 0.1) is 83.9 Å². The van der Waals surface area contributed by atoms with Gasteiger partial charge in [0.2, 0.25) is 5.91 Å². The van der Waals surface area contributed by atoms with Crippen molar-refractivity contribution in [1.29, 1.82) is 0 Å². The van der Waals surface area contributed by atoms with Crippen LogP contribution in [0.2, 0.25) is 0 Å². The van der Waals surface area contributed by atoms with Crippen LogP contribution in [-0.4, -0.2) is 251 Å². The summed E-state index contributed by atoms with van der Waals surface area (Å²) in [5.74, 6) is -3.95. The average Bonchev–Trinajstić information content (AvgIpc) is 3.22. The van der Waals surface area contributed by atoms with Gasteiger partial charge < -0.3 is 63.0 Å². The van der Waals surface area contributed by atoms with Crippen LogP contribution in [0, 0.1) is 0 Å². The number of rotatable bonds is 39. The number of hydrogen-bond donors (Lipinski definition) is 0. The van der Waals surface area contributed by atoms with E-state index in [1.165, 1.54) is 6.92 Å². The van der Waals surface area contributed by atoms with Gasteiger partial charge in [-0.3, -0.25) is 34.0 Å². The number of amides is 1. The standard InChI is InChI=1S/C43H79N5O15.Ga/c1-3-4-21-58-25-29-62-32-28-61-24-9-12-48(38(2)49)34-40(51)11-6-8-23-60-27-31-63-30-26-59-22-7-5-10-39(50)33-44-13-15-45(35-41(52)53)17-19-47(37-43(56)57)20-18-46(16-14-44)36-42(54)55;/h3-37H2,1-2H3,(H,52,53)(H,54,55)(H,56,57);/q;+3/p-3. The Labute approximate surface area is 393 Å². The second kappa shape index (κ2) is 41.9. The summed E-state index contributed by atoms with van der Waals surface area (Å²) in [6, 6.07) is 0. The van der Waals surface area contributed by atoms with Crippen LogP contribution in [0.3, 0.4) is 0 Å². The van der Waals surface area contributed by atoms with Crippen molar-refractivity contribution in [1.82, 2.24) is 24.5 Å². The Morgan fingerprint density at radius 3 is 1.09 bits per heavy atom. The Hall–Kier alpha value is -2.54. The Morgan fingerprint density at radius 1 is 0.438 bits per heavy atom. The molecule has 1 rings (SSSR count). The number of aliphatic carboxylic acids is 3. The van der Waals surface area contributed by atoms with Crippen LogP contribution < -0.4 is 15.3 Å². The predicted molar refractivity (Wildman–Crippen MR) is 231 cm³/mol. The van der Waals surface area contributed by atoms with Crippen LogP contribution >= 0.6 is 0 Å². The maximum absolute atomic E-state index is 12.9. The van der Waals surface area contributed by atoms with Gasteiger partial charge in [0.15, 0.2) is 5.78 Å². The maximum atomic E-state index is 12.9. The molecule has 0 atom stereocenters.